The molecule has 5 rings (SSSR count). The van der Waals surface area contributed by atoms with Crippen LogP contribution in [0.25, 0.3) is 41.7 Å². The van der Waals surface area contributed by atoms with Crippen LogP contribution in [0.2, 0.25) is 0 Å². The normalized spacial score (nSPS) is 11.9. The van der Waals surface area contributed by atoms with Crippen LogP contribution >= 0.6 is 11.3 Å². The summed E-state index contributed by atoms with van der Waals surface area (Å²) in [6, 6.07) is 24.4. The van der Waals surface area contributed by atoms with E-state index < -0.39 is 0 Å². The van der Waals surface area contributed by atoms with Gasteiger partial charge < -0.3 is 0 Å². The molecule has 0 atom stereocenters. The lowest BCUT2D eigenvalue weighted by Gasteiger charge is -2.04. The van der Waals surface area contributed by atoms with Gasteiger partial charge in [-0.1, -0.05) is 48.5 Å². The lowest BCUT2D eigenvalue weighted by Crippen LogP contribution is -1.78. The van der Waals surface area contributed by atoms with Crippen molar-refractivity contribution in [1.29, 1.82) is 0 Å². The first-order valence-corrected chi connectivity index (χ1v) is 8.36. The molecule has 1 aromatic heterocycles. The molecule has 4 aromatic carbocycles. The molecule has 0 radical (unpaired) electrons. The van der Waals surface area contributed by atoms with Crippen LogP contribution in [-0.4, -0.2) is 0 Å². The molecule has 0 saturated carbocycles. The SMILES string of the molecule is Cc1cccc2c1sc1ccc3cc4ccccc4cc3c12. The standard InChI is InChI=1S/C21H14S/c1-13-5-4-8-17-20-18-12-15-7-3-2-6-14(15)11-16(18)9-10-19(20)22-21(13)17/h2-12H,1H3. The van der Waals surface area contributed by atoms with Gasteiger partial charge in [-0.05, 0) is 52.2 Å². The summed E-state index contributed by atoms with van der Waals surface area (Å²) in [7, 11) is 0. The van der Waals surface area contributed by atoms with Crippen LogP contribution in [0.15, 0.2) is 66.7 Å². The van der Waals surface area contributed by atoms with Crippen molar-refractivity contribution in [2.75, 3.05) is 0 Å². The van der Waals surface area contributed by atoms with E-state index in [1.54, 1.807) is 0 Å². The summed E-state index contributed by atoms with van der Waals surface area (Å²) >= 11 is 1.91. The maximum atomic E-state index is 2.35. The fraction of sp³-hybridized carbons (Fsp3) is 0.0476. The number of thiophene rings is 1. The molecule has 1 heterocycles. The first-order valence-electron chi connectivity index (χ1n) is 7.54. The zero-order valence-corrected chi connectivity index (χ0v) is 13.1. The van der Waals surface area contributed by atoms with E-state index in [1.165, 1.54) is 47.3 Å². The Morgan fingerprint density at radius 2 is 1.50 bits per heavy atom. The van der Waals surface area contributed by atoms with Gasteiger partial charge in [0.25, 0.3) is 0 Å². The van der Waals surface area contributed by atoms with Gasteiger partial charge in [-0.15, -0.1) is 11.3 Å². The number of benzene rings is 4. The first kappa shape index (κ1) is 12.2. The predicted molar refractivity (Wildman–Crippen MR) is 99.1 cm³/mol. The molecule has 1 heteroatoms. The van der Waals surface area contributed by atoms with Crippen LogP contribution < -0.4 is 0 Å². The number of fused-ring (bicyclic) bond motifs is 6. The summed E-state index contributed by atoms with van der Waals surface area (Å²) < 4.78 is 2.80. The summed E-state index contributed by atoms with van der Waals surface area (Å²) in [5.41, 5.74) is 1.37. The monoisotopic (exact) mass is 298 g/mol. The molecule has 0 aliphatic heterocycles. The van der Waals surface area contributed by atoms with Gasteiger partial charge in [0.15, 0.2) is 0 Å². The highest BCUT2D eigenvalue weighted by atomic mass is 32.1. The van der Waals surface area contributed by atoms with Crippen molar-refractivity contribution < 1.29 is 0 Å². The van der Waals surface area contributed by atoms with E-state index in [0.29, 0.717) is 0 Å². The van der Waals surface area contributed by atoms with E-state index >= 15 is 0 Å². The van der Waals surface area contributed by atoms with Crippen LogP contribution in [0.3, 0.4) is 0 Å². The highest BCUT2D eigenvalue weighted by molar-refractivity contribution is 7.26. The third kappa shape index (κ3) is 1.57. The number of hydrogen-bond acceptors (Lipinski definition) is 1. The van der Waals surface area contributed by atoms with Gasteiger partial charge in [0.2, 0.25) is 0 Å². The van der Waals surface area contributed by atoms with Gasteiger partial charge in [0.1, 0.15) is 0 Å². The first-order chi connectivity index (χ1) is 10.8. The Balaban J connectivity index is 2.08. The molecule has 0 fully saturated rings. The van der Waals surface area contributed by atoms with Crippen molar-refractivity contribution in [3.05, 3.63) is 72.3 Å². The average molecular weight is 298 g/mol. The Kier molecular flexibility index (Phi) is 2.39. The second kappa shape index (κ2) is 4.31. The summed E-state index contributed by atoms with van der Waals surface area (Å²) in [5, 5.41) is 8.12. The van der Waals surface area contributed by atoms with Crippen LogP contribution in [0.5, 0.6) is 0 Å². The van der Waals surface area contributed by atoms with Crippen LogP contribution in [0.1, 0.15) is 5.56 Å². The predicted octanol–water partition coefficient (Wildman–Crippen LogP) is 6.67. The zero-order chi connectivity index (χ0) is 14.7. The van der Waals surface area contributed by atoms with Gasteiger partial charge in [-0.3, -0.25) is 0 Å². The van der Waals surface area contributed by atoms with Crippen molar-refractivity contribution in [3.63, 3.8) is 0 Å². The topological polar surface area (TPSA) is 0 Å². The van der Waals surface area contributed by atoms with Crippen molar-refractivity contribution in [2.45, 2.75) is 6.92 Å². The number of rotatable bonds is 0. The van der Waals surface area contributed by atoms with Crippen molar-refractivity contribution in [3.8, 4) is 0 Å². The van der Waals surface area contributed by atoms with Gasteiger partial charge in [0.05, 0.1) is 0 Å². The van der Waals surface area contributed by atoms with Gasteiger partial charge >= 0.3 is 0 Å². The molecule has 0 aliphatic rings. The van der Waals surface area contributed by atoms with Crippen LogP contribution in [-0.2, 0) is 0 Å². The second-order valence-corrected chi connectivity index (χ2v) is 6.97. The molecule has 5 aromatic rings. The van der Waals surface area contributed by atoms with E-state index in [9.17, 15) is 0 Å². The summed E-state index contributed by atoms with van der Waals surface area (Å²) in [6.07, 6.45) is 0. The van der Waals surface area contributed by atoms with Gasteiger partial charge in [-0.25, -0.2) is 0 Å². The van der Waals surface area contributed by atoms with E-state index in [0.717, 1.165) is 0 Å². The zero-order valence-electron chi connectivity index (χ0n) is 12.3. The lowest BCUT2D eigenvalue weighted by atomic mass is 9.99. The average Bonchev–Trinajstić information content (AvgIpc) is 2.93. The maximum Gasteiger partial charge on any atom is 0.0384 e. The minimum atomic E-state index is 1.31. The minimum absolute atomic E-state index is 1.31. The molecule has 0 spiro atoms. The second-order valence-electron chi connectivity index (χ2n) is 5.91. The highest BCUT2D eigenvalue weighted by Crippen LogP contribution is 2.40. The van der Waals surface area contributed by atoms with Gasteiger partial charge in [-0.2, -0.15) is 0 Å². The molecule has 0 N–H and O–H groups in total. The fourth-order valence-corrected chi connectivity index (χ4v) is 4.64. The lowest BCUT2D eigenvalue weighted by molar-refractivity contribution is 1.56. The van der Waals surface area contributed by atoms with Crippen molar-refractivity contribution in [2.24, 2.45) is 0 Å². The number of aryl methyl sites for hydroxylation is 1. The quantitative estimate of drug-likeness (QED) is 0.280. The molecule has 0 amide bonds. The van der Waals surface area contributed by atoms with E-state index in [2.05, 4.69) is 73.7 Å². The highest BCUT2D eigenvalue weighted by Gasteiger charge is 2.10. The molecule has 0 bridgehead atoms. The summed E-state index contributed by atoms with van der Waals surface area (Å²) in [6.45, 7) is 2.20. The Hall–Kier alpha value is -2.38. The minimum Gasteiger partial charge on any atom is -0.135 e. The molecule has 0 unspecified atom stereocenters. The molecular formula is C21H14S. The molecular weight excluding hydrogens is 284 g/mol. The third-order valence-electron chi connectivity index (χ3n) is 4.54. The Morgan fingerprint density at radius 3 is 2.36 bits per heavy atom. The van der Waals surface area contributed by atoms with Crippen molar-refractivity contribution >= 4 is 53.1 Å². The molecule has 104 valence electrons. The van der Waals surface area contributed by atoms with E-state index in [1.807, 2.05) is 11.3 Å². The Bertz CT molecular complexity index is 1180. The molecule has 0 nitrogen and oxygen atoms in total. The molecule has 0 aliphatic carbocycles. The van der Waals surface area contributed by atoms with Gasteiger partial charge in [0, 0.05) is 20.2 Å². The molecule has 0 saturated heterocycles. The summed E-state index contributed by atoms with van der Waals surface area (Å²) in [5.74, 6) is 0. The van der Waals surface area contributed by atoms with Crippen LogP contribution in [0, 0.1) is 6.92 Å². The maximum absolute atomic E-state index is 2.35. The Labute approximate surface area is 132 Å². The fourth-order valence-electron chi connectivity index (χ4n) is 3.45. The van der Waals surface area contributed by atoms with E-state index in [-0.39, 0.29) is 0 Å². The summed E-state index contributed by atoms with van der Waals surface area (Å²) in [4.78, 5) is 0. The van der Waals surface area contributed by atoms with Crippen LogP contribution in [0.4, 0.5) is 0 Å². The number of hydrogen-bond donors (Lipinski definition) is 0. The van der Waals surface area contributed by atoms with Crippen molar-refractivity contribution in [1.82, 2.24) is 0 Å². The van der Waals surface area contributed by atoms with E-state index in [4.69, 9.17) is 0 Å². The third-order valence-corrected chi connectivity index (χ3v) is 5.85. The largest absolute Gasteiger partial charge is 0.135 e. The smallest absolute Gasteiger partial charge is 0.0384 e. The Morgan fingerprint density at radius 1 is 0.682 bits per heavy atom. The molecule has 22 heavy (non-hydrogen) atoms.